The largest absolute Gasteiger partial charge is 0.314 e. The van der Waals surface area contributed by atoms with E-state index in [-0.39, 0.29) is 0 Å². The Kier molecular flexibility index (Phi) is 4.76. The first-order chi connectivity index (χ1) is 11.2. The Balaban J connectivity index is 2.00. The molecule has 1 fully saturated rings. The van der Waals surface area contributed by atoms with E-state index in [1.54, 1.807) is 0 Å². The first-order valence-electron chi connectivity index (χ1n) is 8.29. The van der Waals surface area contributed by atoms with Crippen LogP contribution in [-0.2, 0) is 6.42 Å². The van der Waals surface area contributed by atoms with Gasteiger partial charge in [0, 0.05) is 24.2 Å². The predicted molar refractivity (Wildman–Crippen MR) is 92.8 cm³/mol. The van der Waals surface area contributed by atoms with Crippen LogP contribution in [0.4, 0.5) is 0 Å². The van der Waals surface area contributed by atoms with Gasteiger partial charge in [-0.15, -0.1) is 0 Å². The first-order valence-corrected chi connectivity index (χ1v) is 8.29. The molecule has 0 saturated carbocycles. The summed E-state index contributed by atoms with van der Waals surface area (Å²) in [5.74, 6) is 0. The zero-order valence-corrected chi connectivity index (χ0v) is 13.7. The quantitative estimate of drug-likeness (QED) is 0.882. The number of nitrogens with zero attached hydrogens (tertiary/aromatic N) is 2. The third-order valence-electron chi connectivity index (χ3n) is 4.92. The molecule has 1 heterocycles. The molecular formula is C20H24N3+. The van der Waals surface area contributed by atoms with Crippen LogP contribution in [0.3, 0.4) is 0 Å². The molecule has 2 aromatic carbocycles. The van der Waals surface area contributed by atoms with Gasteiger partial charge in [-0.3, -0.25) is 0 Å². The Morgan fingerprint density at radius 2 is 1.61 bits per heavy atom. The van der Waals surface area contributed by atoms with E-state index in [9.17, 15) is 0 Å². The van der Waals surface area contributed by atoms with E-state index >= 15 is 0 Å². The average Bonchev–Trinajstić information content (AvgIpc) is 2.58. The summed E-state index contributed by atoms with van der Waals surface area (Å²) in [6, 6.07) is 22.0. The molecule has 3 rings (SSSR count). The Bertz CT molecular complexity index is 664. The van der Waals surface area contributed by atoms with Crippen molar-refractivity contribution in [2.24, 2.45) is 0 Å². The highest BCUT2D eigenvalue weighted by Gasteiger charge is 2.36. The topological polar surface area (TPSA) is 35.8 Å². The lowest BCUT2D eigenvalue weighted by Gasteiger charge is -2.44. The van der Waals surface area contributed by atoms with Crippen molar-refractivity contribution in [3.05, 3.63) is 71.3 Å². The van der Waals surface area contributed by atoms with Crippen molar-refractivity contribution in [1.29, 1.82) is 5.26 Å². The third kappa shape index (κ3) is 3.44. The molecule has 1 unspecified atom stereocenters. The zero-order valence-electron chi connectivity index (χ0n) is 13.7. The molecule has 0 aromatic heterocycles. The summed E-state index contributed by atoms with van der Waals surface area (Å²) in [6.07, 6.45) is 0.479. The monoisotopic (exact) mass is 306 g/mol. The highest BCUT2D eigenvalue weighted by molar-refractivity contribution is 5.33. The van der Waals surface area contributed by atoms with Gasteiger partial charge in [0.25, 0.3) is 0 Å². The second-order valence-electron chi connectivity index (χ2n) is 6.57. The van der Waals surface area contributed by atoms with Crippen LogP contribution in [0.25, 0.3) is 0 Å². The van der Waals surface area contributed by atoms with Crippen LogP contribution in [0, 0.1) is 11.3 Å². The lowest BCUT2D eigenvalue weighted by atomic mass is 9.93. The molecule has 3 heteroatoms. The summed E-state index contributed by atoms with van der Waals surface area (Å²) in [7, 11) is 2.36. The van der Waals surface area contributed by atoms with Crippen LogP contribution in [0.1, 0.15) is 22.7 Å². The van der Waals surface area contributed by atoms with Crippen LogP contribution < -0.4 is 5.32 Å². The summed E-state index contributed by atoms with van der Waals surface area (Å²) in [5.41, 5.74) is 3.79. The highest BCUT2D eigenvalue weighted by Crippen LogP contribution is 2.34. The summed E-state index contributed by atoms with van der Waals surface area (Å²) < 4.78 is 1.02. The molecule has 0 amide bonds. The van der Waals surface area contributed by atoms with Gasteiger partial charge in [0.2, 0.25) is 0 Å². The first kappa shape index (κ1) is 15.7. The lowest BCUT2D eigenvalue weighted by molar-refractivity contribution is -0.935. The lowest BCUT2D eigenvalue weighted by Crippen LogP contribution is -2.57. The van der Waals surface area contributed by atoms with Gasteiger partial charge < -0.3 is 9.80 Å². The summed E-state index contributed by atoms with van der Waals surface area (Å²) >= 11 is 0. The van der Waals surface area contributed by atoms with E-state index < -0.39 is 0 Å². The van der Waals surface area contributed by atoms with E-state index in [1.807, 2.05) is 0 Å². The number of nitriles is 1. The Morgan fingerprint density at radius 1 is 1.00 bits per heavy atom. The van der Waals surface area contributed by atoms with Crippen LogP contribution in [-0.4, -0.2) is 37.7 Å². The maximum absolute atomic E-state index is 8.86. The second-order valence-corrected chi connectivity index (χ2v) is 6.57. The fourth-order valence-electron chi connectivity index (χ4n) is 3.62. The molecule has 1 saturated heterocycles. The number of rotatable bonds is 4. The minimum absolute atomic E-state index is 0.342. The van der Waals surface area contributed by atoms with Crippen molar-refractivity contribution >= 4 is 0 Å². The number of nitrogens with one attached hydrogen (secondary N) is 1. The van der Waals surface area contributed by atoms with Crippen LogP contribution in [0.5, 0.6) is 0 Å². The SMILES string of the molecule is C[N+]1(C(c2ccccc2)c2ccc(CC#N)cc2)CCNCC1. The number of quaternary nitrogens is 1. The third-order valence-corrected chi connectivity index (χ3v) is 4.92. The molecule has 1 aliphatic heterocycles. The second kappa shape index (κ2) is 6.95. The van der Waals surface area contributed by atoms with E-state index in [1.165, 1.54) is 11.1 Å². The molecule has 23 heavy (non-hydrogen) atoms. The maximum Gasteiger partial charge on any atom is 0.140 e. The smallest absolute Gasteiger partial charge is 0.140 e. The molecule has 0 aliphatic carbocycles. The minimum atomic E-state index is 0.342. The van der Waals surface area contributed by atoms with Crippen LogP contribution in [0.2, 0.25) is 0 Å². The molecule has 2 aromatic rings. The molecule has 3 nitrogen and oxygen atoms in total. The van der Waals surface area contributed by atoms with Gasteiger partial charge in [0.1, 0.15) is 6.04 Å². The van der Waals surface area contributed by atoms with Crippen LogP contribution in [0.15, 0.2) is 54.6 Å². The maximum atomic E-state index is 8.86. The summed E-state index contributed by atoms with van der Waals surface area (Å²) in [6.45, 7) is 4.37. The minimum Gasteiger partial charge on any atom is -0.314 e. The van der Waals surface area contributed by atoms with Gasteiger partial charge in [-0.25, -0.2) is 0 Å². The fraction of sp³-hybridized carbons (Fsp3) is 0.350. The Morgan fingerprint density at radius 3 is 2.22 bits per heavy atom. The van der Waals surface area contributed by atoms with E-state index in [0.29, 0.717) is 12.5 Å². The number of likely N-dealkylation sites (N-methyl/N-ethyl adjacent to an activating group) is 1. The number of hydrogen-bond acceptors (Lipinski definition) is 2. The highest BCUT2D eigenvalue weighted by atomic mass is 15.4. The van der Waals surface area contributed by atoms with Gasteiger partial charge in [-0.2, -0.15) is 5.26 Å². The summed E-state index contributed by atoms with van der Waals surface area (Å²) in [5, 5.41) is 12.3. The molecule has 1 atom stereocenters. The molecule has 118 valence electrons. The van der Waals surface area contributed by atoms with E-state index in [0.717, 1.165) is 36.2 Å². The molecule has 0 spiro atoms. The van der Waals surface area contributed by atoms with Gasteiger partial charge in [0.15, 0.2) is 0 Å². The standard InChI is InChI=1S/C20H24N3/c1-23(15-13-22-14-16-23)20(18-5-3-2-4-6-18)19-9-7-17(8-10-19)11-12-21/h2-10,20,22H,11,13-16H2,1H3/q+1. The normalized spacial score (nSPS) is 18.1. The van der Waals surface area contributed by atoms with Crippen LogP contribution >= 0.6 is 0 Å². The van der Waals surface area contributed by atoms with Crippen molar-refractivity contribution < 1.29 is 4.48 Å². The molecule has 0 radical (unpaired) electrons. The Hall–Kier alpha value is -2.15. The van der Waals surface area contributed by atoms with Crippen molar-refractivity contribution in [1.82, 2.24) is 5.32 Å². The molecule has 1 N–H and O–H groups in total. The fourth-order valence-corrected chi connectivity index (χ4v) is 3.62. The average molecular weight is 306 g/mol. The van der Waals surface area contributed by atoms with Crippen molar-refractivity contribution in [3.63, 3.8) is 0 Å². The van der Waals surface area contributed by atoms with Gasteiger partial charge in [0.05, 0.1) is 32.6 Å². The molecule has 0 bridgehead atoms. The zero-order chi connectivity index (χ0) is 16.1. The van der Waals surface area contributed by atoms with Gasteiger partial charge >= 0.3 is 0 Å². The van der Waals surface area contributed by atoms with E-state index in [4.69, 9.17) is 5.26 Å². The Labute approximate surface area is 138 Å². The number of piperazine rings is 1. The van der Waals surface area contributed by atoms with Crippen molar-refractivity contribution in [2.75, 3.05) is 33.2 Å². The number of benzene rings is 2. The van der Waals surface area contributed by atoms with Crippen molar-refractivity contribution in [3.8, 4) is 6.07 Å². The molecular weight excluding hydrogens is 282 g/mol. The predicted octanol–water partition coefficient (Wildman–Crippen LogP) is 2.89. The molecule has 1 aliphatic rings. The summed E-state index contributed by atoms with van der Waals surface area (Å²) in [4.78, 5) is 0. The van der Waals surface area contributed by atoms with Crippen molar-refractivity contribution in [2.45, 2.75) is 12.5 Å². The van der Waals surface area contributed by atoms with Gasteiger partial charge in [-0.05, 0) is 5.56 Å². The number of hydrogen-bond donors (Lipinski definition) is 1. The van der Waals surface area contributed by atoms with Gasteiger partial charge in [-0.1, -0.05) is 54.6 Å². The van der Waals surface area contributed by atoms with E-state index in [2.05, 4.69) is 73.0 Å².